The van der Waals surface area contributed by atoms with Crippen molar-refractivity contribution in [2.45, 2.75) is 13.2 Å². The van der Waals surface area contributed by atoms with E-state index >= 15 is 0 Å². The third-order valence-electron chi connectivity index (χ3n) is 3.32. The molecule has 0 saturated carbocycles. The highest BCUT2D eigenvalue weighted by Gasteiger charge is 1.99. The topological polar surface area (TPSA) is 34.1 Å². The Kier molecular flexibility index (Phi) is 4.67. The molecular formula is C19H18N2O. The second-order valence-corrected chi connectivity index (χ2v) is 5.01. The number of nitrogens with one attached hydrogen (secondary N) is 1. The van der Waals surface area contributed by atoms with Crippen LogP contribution in [-0.4, -0.2) is 4.98 Å². The lowest BCUT2D eigenvalue weighted by Gasteiger charge is -2.09. The summed E-state index contributed by atoms with van der Waals surface area (Å²) in [6.07, 6.45) is 3.56. The van der Waals surface area contributed by atoms with Crippen LogP contribution in [0.4, 0.5) is 5.69 Å². The average molecular weight is 290 g/mol. The van der Waals surface area contributed by atoms with Crippen molar-refractivity contribution in [2.24, 2.45) is 0 Å². The lowest BCUT2D eigenvalue weighted by atomic mass is 10.2. The van der Waals surface area contributed by atoms with Crippen molar-refractivity contribution >= 4 is 5.69 Å². The maximum atomic E-state index is 5.85. The second kappa shape index (κ2) is 7.27. The summed E-state index contributed by atoms with van der Waals surface area (Å²) in [5, 5.41) is 3.37. The summed E-state index contributed by atoms with van der Waals surface area (Å²) in [7, 11) is 0. The Labute approximate surface area is 130 Å². The first-order valence-electron chi connectivity index (χ1n) is 7.30. The van der Waals surface area contributed by atoms with E-state index in [0.717, 1.165) is 18.0 Å². The monoisotopic (exact) mass is 290 g/mol. The fourth-order valence-corrected chi connectivity index (χ4v) is 2.16. The van der Waals surface area contributed by atoms with Gasteiger partial charge in [-0.2, -0.15) is 0 Å². The smallest absolute Gasteiger partial charge is 0.120 e. The van der Waals surface area contributed by atoms with Gasteiger partial charge in [0.05, 0.1) is 0 Å². The van der Waals surface area contributed by atoms with Gasteiger partial charge in [-0.25, -0.2) is 0 Å². The molecule has 0 aliphatic heterocycles. The van der Waals surface area contributed by atoms with Gasteiger partial charge in [0.25, 0.3) is 0 Å². The van der Waals surface area contributed by atoms with Crippen molar-refractivity contribution in [3.05, 3.63) is 90.3 Å². The van der Waals surface area contributed by atoms with Crippen molar-refractivity contribution in [2.75, 3.05) is 5.32 Å². The van der Waals surface area contributed by atoms with Crippen molar-refractivity contribution in [3.8, 4) is 5.75 Å². The summed E-state index contributed by atoms with van der Waals surface area (Å²) in [5.74, 6) is 0.887. The zero-order valence-corrected chi connectivity index (χ0v) is 12.3. The Bertz CT molecular complexity index is 640. The molecule has 1 heterocycles. The average Bonchev–Trinajstić information content (AvgIpc) is 2.60. The van der Waals surface area contributed by atoms with Crippen LogP contribution in [0.1, 0.15) is 11.1 Å². The lowest BCUT2D eigenvalue weighted by molar-refractivity contribution is 0.306. The van der Waals surface area contributed by atoms with Crippen LogP contribution in [0, 0.1) is 0 Å². The molecule has 0 saturated heterocycles. The Morgan fingerprint density at radius 1 is 0.818 bits per heavy atom. The SMILES string of the molecule is c1ccc(COc2cccc(CNc3ccncc3)c2)cc1. The molecule has 3 nitrogen and oxygen atoms in total. The van der Waals surface area contributed by atoms with Crippen LogP contribution in [0.15, 0.2) is 79.1 Å². The minimum absolute atomic E-state index is 0.585. The van der Waals surface area contributed by atoms with E-state index in [4.69, 9.17) is 4.74 Å². The van der Waals surface area contributed by atoms with Gasteiger partial charge in [-0.15, -0.1) is 0 Å². The fourth-order valence-electron chi connectivity index (χ4n) is 2.16. The molecule has 0 bridgehead atoms. The van der Waals surface area contributed by atoms with Crippen LogP contribution < -0.4 is 10.1 Å². The van der Waals surface area contributed by atoms with Gasteiger partial charge in [-0.1, -0.05) is 42.5 Å². The second-order valence-electron chi connectivity index (χ2n) is 5.01. The molecule has 1 N–H and O–H groups in total. The molecule has 0 atom stereocenters. The largest absolute Gasteiger partial charge is 0.489 e. The van der Waals surface area contributed by atoms with Crippen molar-refractivity contribution in [1.82, 2.24) is 4.98 Å². The van der Waals surface area contributed by atoms with Crippen molar-refractivity contribution in [1.29, 1.82) is 0 Å². The van der Waals surface area contributed by atoms with E-state index in [1.165, 1.54) is 11.1 Å². The van der Waals surface area contributed by atoms with E-state index in [9.17, 15) is 0 Å². The first-order valence-corrected chi connectivity index (χ1v) is 7.30. The molecule has 3 rings (SSSR count). The number of nitrogens with zero attached hydrogens (tertiary/aromatic N) is 1. The first kappa shape index (κ1) is 14.1. The van der Waals surface area contributed by atoms with E-state index in [1.807, 2.05) is 42.5 Å². The quantitative estimate of drug-likeness (QED) is 0.736. The predicted molar refractivity (Wildman–Crippen MR) is 88.8 cm³/mol. The molecule has 0 spiro atoms. The summed E-state index contributed by atoms with van der Waals surface area (Å²) in [5.41, 5.74) is 3.41. The summed E-state index contributed by atoms with van der Waals surface area (Å²) in [6, 6.07) is 22.2. The van der Waals surface area contributed by atoms with E-state index in [0.29, 0.717) is 6.61 Å². The highest BCUT2D eigenvalue weighted by Crippen LogP contribution is 2.16. The van der Waals surface area contributed by atoms with Crippen molar-refractivity contribution in [3.63, 3.8) is 0 Å². The van der Waals surface area contributed by atoms with Gasteiger partial charge < -0.3 is 10.1 Å². The van der Waals surface area contributed by atoms with E-state index in [-0.39, 0.29) is 0 Å². The van der Waals surface area contributed by atoms with E-state index in [2.05, 4.69) is 34.6 Å². The van der Waals surface area contributed by atoms with Crippen LogP contribution in [-0.2, 0) is 13.2 Å². The maximum absolute atomic E-state index is 5.85. The van der Waals surface area contributed by atoms with Crippen LogP contribution in [0.5, 0.6) is 5.75 Å². The van der Waals surface area contributed by atoms with Gasteiger partial charge >= 0.3 is 0 Å². The van der Waals surface area contributed by atoms with Gasteiger partial charge in [-0.3, -0.25) is 4.98 Å². The molecule has 0 radical (unpaired) electrons. The van der Waals surface area contributed by atoms with Gasteiger partial charge in [0, 0.05) is 24.6 Å². The highest BCUT2D eigenvalue weighted by molar-refractivity contribution is 5.42. The molecule has 110 valence electrons. The molecule has 3 aromatic rings. The highest BCUT2D eigenvalue weighted by atomic mass is 16.5. The molecule has 1 aromatic heterocycles. The molecule has 2 aromatic carbocycles. The van der Waals surface area contributed by atoms with Crippen LogP contribution in [0.3, 0.4) is 0 Å². The van der Waals surface area contributed by atoms with Gasteiger partial charge in [0.1, 0.15) is 12.4 Å². The molecule has 0 aliphatic rings. The fraction of sp³-hybridized carbons (Fsp3) is 0.105. The molecule has 0 aliphatic carbocycles. The minimum atomic E-state index is 0.585. The maximum Gasteiger partial charge on any atom is 0.120 e. The Morgan fingerprint density at radius 2 is 1.59 bits per heavy atom. The lowest BCUT2D eigenvalue weighted by Crippen LogP contribution is -2.00. The molecule has 0 unspecified atom stereocenters. The summed E-state index contributed by atoms with van der Waals surface area (Å²) in [4.78, 5) is 4.01. The molecule has 0 fully saturated rings. The third-order valence-corrected chi connectivity index (χ3v) is 3.32. The van der Waals surface area contributed by atoms with Crippen LogP contribution >= 0.6 is 0 Å². The number of pyridine rings is 1. The zero-order chi connectivity index (χ0) is 15.0. The number of benzene rings is 2. The first-order chi connectivity index (χ1) is 10.9. The zero-order valence-electron chi connectivity index (χ0n) is 12.3. The number of aromatic nitrogens is 1. The van der Waals surface area contributed by atoms with E-state index < -0.39 is 0 Å². The van der Waals surface area contributed by atoms with Gasteiger partial charge in [-0.05, 0) is 35.4 Å². The molecule has 22 heavy (non-hydrogen) atoms. The predicted octanol–water partition coefficient (Wildman–Crippen LogP) is 4.27. The Hall–Kier alpha value is -2.81. The standard InChI is InChI=1S/C19H18N2O/c1-2-5-16(6-3-1)15-22-19-8-4-7-17(13-19)14-21-18-9-11-20-12-10-18/h1-13H,14-15H2,(H,20,21). The number of rotatable bonds is 6. The van der Waals surface area contributed by atoms with Crippen LogP contribution in [0.2, 0.25) is 0 Å². The van der Waals surface area contributed by atoms with Crippen molar-refractivity contribution < 1.29 is 4.74 Å². The Balaban J connectivity index is 1.58. The number of hydrogen-bond donors (Lipinski definition) is 1. The third kappa shape index (κ3) is 4.09. The summed E-state index contributed by atoms with van der Waals surface area (Å²) < 4.78 is 5.85. The molecular weight excluding hydrogens is 272 g/mol. The normalized spacial score (nSPS) is 10.2. The molecule has 3 heteroatoms. The summed E-state index contributed by atoms with van der Waals surface area (Å²) >= 11 is 0. The summed E-state index contributed by atoms with van der Waals surface area (Å²) in [6.45, 7) is 1.34. The number of ether oxygens (including phenoxy) is 1. The molecule has 0 amide bonds. The number of anilines is 1. The Morgan fingerprint density at radius 3 is 2.41 bits per heavy atom. The van der Waals surface area contributed by atoms with E-state index in [1.54, 1.807) is 12.4 Å². The van der Waals surface area contributed by atoms with Gasteiger partial charge in [0.2, 0.25) is 0 Å². The van der Waals surface area contributed by atoms with Crippen LogP contribution in [0.25, 0.3) is 0 Å². The minimum Gasteiger partial charge on any atom is -0.489 e. The van der Waals surface area contributed by atoms with Gasteiger partial charge in [0.15, 0.2) is 0 Å². The number of hydrogen-bond acceptors (Lipinski definition) is 3.